The van der Waals surface area contributed by atoms with Crippen molar-refractivity contribution in [2.45, 2.75) is 38.6 Å². The molecule has 0 saturated heterocycles. The van der Waals surface area contributed by atoms with Crippen LogP contribution in [0.5, 0.6) is 0 Å². The van der Waals surface area contributed by atoms with Crippen molar-refractivity contribution in [3.05, 3.63) is 53.1 Å². The lowest BCUT2D eigenvalue weighted by molar-refractivity contribution is -0.125. The molecule has 0 radical (unpaired) electrons. The Bertz CT molecular complexity index is 837. The molecule has 4 rings (SSSR count). The van der Waals surface area contributed by atoms with Crippen LogP contribution in [-0.4, -0.2) is 21.6 Å². The average molecular weight is 325 g/mol. The summed E-state index contributed by atoms with van der Waals surface area (Å²) >= 11 is 0. The van der Waals surface area contributed by atoms with Crippen molar-refractivity contribution in [1.29, 1.82) is 0 Å². The first-order valence-corrected chi connectivity index (χ1v) is 8.30. The van der Waals surface area contributed by atoms with E-state index in [0.29, 0.717) is 12.8 Å². The van der Waals surface area contributed by atoms with E-state index in [1.165, 1.54) is 12.1 Å². The van der Waals surface area contributed by atoms with Gasteiger partial charge >= 0.3 is 0 Å². The van der Waals surface area contributed by atoms with Gasteiger partial charge < -0.3 is 5.73 Å². The number of aromatic nitrogens is 2. The summed E-state index contributed by atoms with van der Waals surface area (Å²) in [6.07, 6.45) is 7.02. The zero-order valence-corrected chi connectivity index (χ0v) is 13.6. The molecule has 1 saturated carbocycles. The first kappa shape index (κ1) is 15.3. The summed E-state index contributed by atoms with van der Waals surface area (Å²) in [5.41, 5.74) is 9.70. The number of rotatable bonds is 2. The van der Waals surface area contributed by atoms with Gasteiger partial charge in [0.25, 0.3) is 0 Å². The predicted molar refractivity (Wildman–Crippen MR) is 90.1 cm³/mol. The minimum absolute atomic E-state index is 0.0692. The van der Waals surface area contributed by atoms with E-state index in [-0.39, 0.29) is 17.6 Å². The van der Waals surface area contributed by atoms with Gasteiger partial charge in [0.1, 0.15) is 11.6 Å². The molecule has 0 unspecified atom stereocenters. The number of carbonyl (C=O) groups is 1. The van der Waals surface area contributed by atoms with E-state index >= 15 is 0 Å². The minimum atomic E-state index is -0.471. The lowest BCUT2D eigenvalue weighted by atomic mass is 9.61. The highest BCUT2D eigenvalue weighted by Gasteiger charge is 2.46. The molecule has 2 aliphatic carbocycles. The fraction of sp³-hybridized carbons (Fsp3) is 0.368. The molecule has 2 aromatic rings. The van der Waals surface area contributed by atoms with E-state index in [4.69, 9.17) is 5.73 Å². The summed E-state index contributed by atoms with van der Waals surface area (Å²) < 4.78 is 15.0. The molecule has 24 heavy (non-hydrogen) atoms. The molecule has 2 aliphatic rings. The van der Waals surface area contributed by atoms with E-state index in [2.05, 4.69) is 11.2 Å². The Hall–Kier alpha value is -2.27. The molecular weight excluding hydrogens is 305 g/mol. The van der Waals surface area contributed by atoms with Crippen LogP contribution in [0.15, 0.2) is 36.0 Å². The van der Waals surface area contributed by atoms with Crippen molar-refractivity contribution < 1.29 is 9.18 Å². The zero-order valence-electron chi connectivity index (χ0n) is 13.6. The number of nitrogens with zero attached hydrogens (tertiary/aromatic N) is 2. The van der Waals surface area contributed by atoms with Crippen molar-refractivity contribution in [3.63, 3.8) is 0 Å². The van der Waals surface area contributed by atoms with Crippen LogP contribution in [0.25, 0.3) is 11.8 Å². The number of carbonyl (C=O) groups excluding carboxylic acids is 1. The average Bonchev–Trinajstić information content (AvgIpc) is 2.95. The second kappa shape index (κ2) is 5.38. The van der Waals surface area contributed by atoms with Crippen molar-refractivity contribution in [2.24, 2.45) is 11.1 Å². The lowest BCUT2D eigenvalue weighted by Crippen LogP contribution is -2.45. The Morgan fingerprint density at radius 2 is 2.12 bits per heavy atom. The predicted octanol–water partition coefficient (Wildman–Crippen LogP) is 3.04. The normalized spacial score (nSPS) is 25.6. The van der Waals surface area contributed by atoms with Crippen LogP contribution in [0.1, 0.15) is 37.4 Å². The number of hydrogen-bond acceptors (Lipinski definition) is 3. The SMILES string of the molecule is CC(=O)[C@]12Cc3cnn(-c4ccc(F)cc4)c3C=C1CC[C@H](N)C2. The Labute approximate surface area is 140 Å². The van der Waals surface area contributed by atoms with Crippen molar-refractivity contribution in [3.8, 4) is 5.69 Å². The van der Waals surface area contributed by atoms with E-state index in [1.54, 1.807) is 19.1 Å². The largest absolute Gasteiger partial charge is 0.328 e. The van der Waals surface area contributed by atoms with Gasteiger partial charge in [-0.25, -0.2) is 9.07 Å². The minimum Gasteiger partial charge on any atom is -0.328 e. The van der Waals surface area contributed by atoms with Crippen LogP contribution in [-0.2, 0) is 11.2 Å². The Morgan fingerprint density at radius 3 is 2.83 bits per heavy atom. The smallest absolute Gasteiger partial charge is 0.140 e. The molecule has 1 aromatic heterocycles. The third kappa shape index (κ3) is 2.23. The molecule has 0 aliphatic heterocycles. The molecule has 0 spiro atoms. The lowest BCUT2D eigenvalue weighted by Gasteiger charge is -2.42. The number of nitrogens with two attached hydrogens (primary N) is 1. The topological polar surface area (TPSA) is 60.9 Å². The second-order valence-electron chi connectivity index (χ2n) is 6.93. The van der Waals surface area contributed by atoms with Crippen molar-refractivity contribution in [1.82, 2.24) is 9.78 Å². The first-order chi connectivity index (χ1) is 11.5. The molecule has 1 heterocycles. The summed E-state index contributed by atoms with van der Waals surface area (Å²) in [5.74, 6) is -0.0842. The molecule has 0 bridgehead atoms. The van der Waals surface area contributed by atoms with Gasteiger partial charge in [-0.05, 0) is 68.5 Å². The van der Waals surface area contributed by atoms with Gasteiger partial charge in [-0.1, -0.05) is 5.57 Å². The first-order valence-electron chi connectivity index (χ1n) is 8.30. The van der Waals surface area contributed by atoms with E-state index in [0.717, 1.165) is 35.4 Å². The van der Waals surface area contributed by atoms with Crippen LogP contribution < -0.4 is 5.73 Å². The molecule has 124 valence electrons. The molecule has 1 aromatic carbocycles. The maximum atomic E-state index is 13.2. The summed E-state index contributed by atoms with van der Waals surface area (Å²) in [6, 6.07) is 6.35. The molecule has 2 N–H and O–H groups in total. The van der Waals surface area contributed by atoms with Gasteiger partial charge in [-0.2, -0.15) is 5.10 Å². The molecule has 1 fully saturated rings. The summed E-state index contributed by atoms with van der Waals surface area (Å²) in [6.45, 7) is 1.67. The van der Waals surface area contributed by atoms with Gasteiger partial charge in [0.05, 0.1) is 23.0 Å². The molecule has 4 nitrogen and oxygen atoms in total. The number of ketones is 1. The maximum Gasteiger partial charge on any atom is 0.140 e. The van der Waals surface area contributed by atoms with E-state index in [9.17, 15) is 9.18 Å². The number of fused-ring (bicyclic) bond motifs is 2. The molecule has 5 heteroatoms. The van der Waals surface area contributed by atoms with Crippen LogP contribution in [0.2, 0.25) is 0 Å². The van der Waals surface area contributed by atoms with Crippen molar-refractivity contribution >= 4 is 11.9 Å². The van der Waals surface area contributed by atoms with Crippen LogP contribution in [0.3, 0.4) is 0 Å². The quantitative estimate of drug-likeness (QED) is 0.923. The van der Waals surface area contributed by atoms with Gasteiger partial charge in [0.15, 0.2) is 0 Å². The third-order valence-electron chi connectivity index (χ3n) is 5.44. The summed E-state index contributed by atoms with van der Waals surface area (Å²) in [4.78, 5) is 12.5. The second-order valence-corrected chi connectivity index (χ2v) is 6.93. The number of allylic oxidation sites excluding steroid dienone is 1. The van der Waals surface area contributed by atoms with Crippen LogP contribution in [0.4, 0.5) is 4.39 Å². The molecule has 2 atom stereocenters. The fourth-order valence-corrected chi connectivity index (χ4v) is 4.11. The summed E-state index contributed by atoms with van der Waals surface area (Å²) in [7, 11) is 0. The van der Waals surface area contributed by atoms with Crippen LogP contribution in [0, 0.1) is 11.2 Å². The number of benzene rings is 1. The highest BCUT2D eigenvalue weighted by molar-refractivity contribution is 5.89. The standard InChI is InChI=1S/C19H20FN3O/c1-12(24)19-9-13-11-22-23(17-6-3-15(20)4-7-17)18(13)8-14(19)2-5-16(21)10-19/h3-4,6-8,11,16H,2,5,9-10,21H2,1H3/t16-,19+/m0/s1. The van der Waals surface area contributed by atoms with E-state index < -0.39 is 5.41 Å². The van der Waals surface area contributed by atoms with Crippen LogP contribution >= 0.6 is 0 Å². The monoisotopic (exact) mass is 325 g/mol. The Morgan fingerprint density at radius 1 is 1.38 bits per heavy atom. The fourth-order valence-electron chi connectivity index (χ4n) is 4.11. The zero-order chi connectivity index (χ0) is 16.9. The number of halogens is 1. The molecule has 0 amide bonds. The number of hydrogen-bond donors (Lipinski definition) is 1. The maximum absolute atomic E-state index is 13.2. The van der Waals surface area contributed by atoms with Gasteiger partial charge in [-0.15, -0.1) is 0 Å². The highest BCUT2D eigenvalue weighted by Crippen LogP contribution is 2.48. The number of Topliss-reactive ketones (excluding diaryl/α,β-unsaturated/α-hetero) is 1. The Kier molecular flexibility index (Phi) is 3.42. The highest BCUT2D eigenvalue weighted by atomic mass is 19.1. The van der Waals surface area contributed by atoms with Gasteiger partial charge in [-0.3, -0.25) is 4.79 Å². The van der Waals surface area contributed by atoms with Crippen molar-refractivity contribution in [2.75, 3.05) is 0 Å². The Balaban J connectivity index is 1.82. The van der Waals surface area contributed by atoms with Gasteiger partial charge in [0, 0.05) is 6.04 Å². The molecular formula is C19H20FN3O. The van der Waals surface area contributed by atoms with E-state index in [1.807, 2.05) is 10.9 Å². The summed E-state index contributed by atoms with van der Waals surface area (Å²) in [5, 5.41) is 4.47. The third-order valence-corrected chi connectivity index (χ3v) is 5.44. The van der Waals surface area contributed by atoms with Gasteiger partial charge in [0.2, 0.25) is 0 Å².